The van der Waals surface area contributed by atoms with Crippen molar-refractivity contribution in [3.05, 3.63) is 42.1 Å². The molecule has 0 fully saturated rings. The van der Waals surface area contributed by atoms with Gasteiger partial charge in [0, 0.05) is 6.54 Å². The fraction of sp³-hybridized carbons (Fsp3) is 0.214. The third-order valence-corrected chi connectivity index (χ3v) is 2.61. The van der Waals surface area contributed by atoms with Crippen LogP contribution in [0.25, 0.3) is 0 Å². The van der Waals surface area contributed by atoms with Gasteiger partial charge in [-0.1, -0.05) is 12.1 Å². The average molecular weight is 272 g/mol. The molecule has 2 aromatic rings. The molecule has 20 heavy (non-hydrogen) atoms. The fourth-order valence-electron chi connectivity index (χ4n) is 1.66. The summed E-state index contributed by atoms with van der Waals surface area (Å²) in [6, 6.07) is 10.5. The minimum Gasteiger partial charge on any atom is -0.495 e. The number of methoxy groups -OCH3 is 1. The summed E-state index contributed by atoms with van der Waals surface area (Å²) < 4.78 is 5.17. The Morgan fingerprint density at radius 3 is 2.65 bits per heavy atom. The molecule has 104 valence electrons. The van der Waals surface area contributed by atoms with Crippen molar-refractivity contribution < 1.29 is 9.53 Å². The Balaban J connectivity index is 2.11. The highest BCUT2D eigenvalue weighted by Crippen LogP contribution is 2.23. The monoisotopic (exact) mass is 272 g/mol. The van der Waals surface area contributed by atoms with Crippen molar-refractivity contribution in [1.82, 2.24) is 10.2 Å². The SMILES string of the molecule is CCNc1ccc(C(=O)Nc2ccccc2OC)nn1. The number of nitrogens with zero attached hydrogens (tertiary/aromatic N) is 2. The van der Waals surface area contributed by atoms with Gasteiger partial charge in [-0.2, -0.15) is 0 Å². The highest BCUT2D eigenvalue weighted by atomic mass is 16.5. The van der Waals surface area contributed by atoms with Gasteiger partial charge >= 0.3 is 0 Å². The van der Waals surface area contributed by atoms with Crippen LogP contribution in [0, 0.1) is 0 Å². The van der Waals surface area contributed by atoms with Gasteiger partial charge in [-0.05, 0) is 31.2 Å². The molecule has 2 N–H and O–H groups in total. The summed E-state index contributed by atoms with van der Waals surface area (Å²) in [5.74, 6) is 0.907. The van der Waals surface area contributed by atoms with Crippen LogP contribution in [0.2, 0.25) is 0 Å². The lowest BCUT2D eigenvalue weighted by Gasteiger charge is -2.09. The second-order valence-corrected chi connectivity index (χ2v) is 3.99. The quantitative estimate of drug-likeness (QED) is 0.872. The predicted molar refractivity (Wildman–Crippen MR) is 77.1 cm³/mol. The van der Waals surface area contributed by atoms with Gasteiger partial charge in [0.2, 0.25) is 0 Å². The van der Waals surface area contributed by atoms with E-state index in [0.717, 1.165) is 6.54 Å². The number of aromatic nitrogens is 2. The molecule has 0 aliphatic heterocycles. The predicted octanol–water partition coefficient (Wildman–Crippen LogP) is 2.17. The van der Waals surface area contributed by atoms with E-state index in [-0.39, 0.29) is 11.6 Å². The molecule has 0 saturated carbocycles. The van der Waals surface area contributed by atoms with Crippen molar-refractivity contribution in [3.8, 4) is 5.75 Å². The number of ether oxygens (including phenoxy) is 1. The number of hydrogen-bond acceptors (Lipinski definition) is 5. The van der Waals surface area contributed by atoms with E-state index in [1.807, 2.05) is 19.1 Å². The van der Waals surface area contributed by atoms with E-state index in [9.17, 15) is 4.79 Å². The molecule has 1 heterocycles. The number of amides is 1. The first-order chi connectivity index (χ1) is 9.74. The zero-order valence-electron chi connectivity index (χ0n) is 11.4. The fourth-order valence-corrected chi connectivity index (χ4v) is 1.66. The molecule has 0 atom stereocenters. The van der Waals surface area contributed by atoms with E-state index in [0.29, 0.717) is 17.3 Å². The summed E-state index contributed by atoms with van der Waals surface area (Å²) in [6.45, 7) is 2.71. The molecule has 0 aliphatic rings. The Bertz CT molecular complexity index is 584. The molecule has 6 nitrogen and oxygen atoms in total. The molecule has 6 heteroatoms. The minimum absolute atomic E-state index is 0.248. The molecule has 1 aromatic heterocycles. The maximum atomic E-state index is 12.1. The Morgan fingerprint density at radius 1 is 1.20 bits per heavy atom. The molecule has 2 rings (SSSR count). The first kappa shape index (κ1) is 13.8. The largest absolute Gasteiger partial charge is 0.495 e. The number of rotatable bonds is 5. The van der Waals surface area contributed by atoms with Gasteiger partial charge in [-0.25, -0.2) is 0 Å². The van der Waals surface area contributed by atoms with Crippen molar-refractivity contribution >= 4 is 17.4 Å². The number of benzene rings is 1. The minimum atomic E-state index is -0.329. The van der Waals surface area contributed by atoms with Crippen molar-refractivity contribution in [2.75, 3.05) is 24.3 Å². The van der Waals surface area contributed by atoms with Crippen molar-refractivity contribution in [2.45, 2.75) is 6.92 Å². The molecule has 0 saturated heterocycles. The smallest absolute Gasteiger partial charge is 0.276 e. The van der Waals surface area contributed by atoms with Crippen LogP contribution in [0.15, 0.2) is 36.4 Å². The first-order valence-electron chi connectivity index (χ1n) is 6.26. The normalized spacial score (nSPS) is 9.90. The van der Waals surface area contributed by atoms with Gasteiger partial charge in [0.1, 0.15) is 11.6 Å². The summed E-state index contributed by atoms with van der Waals surface area (Å²) in [6.07, 6.45) is 0. The maximum Gasteiger partial charge on any atom is 0.276 e. The number of anilines is 2. The molecule has 1 amide bonds. The molecule has 0 spiro atoms. The Hall–Kier alpha value is -2.63. The van der Waals surface area contributed by atoms with E-state index in [1.165, 1.54) is 0 Å². The third kappa shape index (κ3) is 3.23. The lowest BCUT2D eigenvalue weighted by atomic mass is 10.2. The van der Waals surface area contributed by atoms with Crippen LogP contribution >= 0.6 is 0 Å². The van der Waals surface area contributed by atoms with Crippen LogP contribution in [0.1, 0.15) is 17.4 Å². The number of carbonyl (C=O) groups is 1. The molecule has 0 aliphatic carbocycles. The van der Waals surface area contributed by atoms with Gasteiger partial charge < -0.3 is 15.4 Å². The topological polar surface area (TPSA) is 76.1 Å². The second-order valence-electron chi connectivity index (χ2n) is 3.99. The molecule has 0 radical (unpaired) electrons. The van der Waals surface area contributed by atoms with Gasteiger partial charge in [-0.15, -0.1) is 10.2 Å². The van der Waals surface area contributed by atoms with Gasteiger partial charge in [0.05, 0.1) is 12.8 Å². The van der Waals surface area contributed by atoms with Crippen molar-refractivity contribution in [2.24, 2.45) is 0 Å². The van der Waals surface area contributed by atoms with Crippen LogP contribution in [0.3, 0.4) is 0 Å². The summed E-state index contributed by atoms with van der Waals surface area (Å²) in [4.78, 5) is 12.1. The summed E-state index contributed by atoms with van der Waals surface area (Å²) in [7, 11) is 1.55. The molecule has 0 unspecified atom stereocenters. The Labute approximate surface area is 117 Å². The number of para-hydroxylation sites is 2. The average Bonchev–Trinajstić information content (AvgIpc) is 2.49. The number of carbonyl (C=O) groups excluding carboxylic acids is 1. The van der Waals surface area contributed by atoms with E-state index in [2.05, 4.69) is 20.8 Å². The van der Waals surface area contributed by atoms with Gasteiger partial charge in [0.15, 0.2) is 5.69 Å². The Morgan fingerprint density at radius 2 is 2.00 bits per heavy atom. The van der Waals surface area contributed by atoms with Gasteiger partial charge in [-0.3, -0.25) is 4.79 Å². The molecular weight excluding hydrogens is 256 g/mol. The van der Waals surface area contributed by atoms with Crippen molar-refractivity contribution in [3.63, 3.8) is 0 Å². The summed E-state index contributed by atoms with van der Waals surface area (Å²) >= 11 is 0. The standard InChI is InChI=1S/C14H16N4O2/c1-3-15-13-9-8-11(17-18-13)14(19)16-10-6-4-5-7-12(10)20-2/h4-9H,3H2,1-2H3,(H,15,18)(H,16,19). The molecule has 0 bridgehead atoms. The van der Waals surface area contributed by atoms with E-state index < -0.39 is 0 Å². The third-order valence-electron chi connectivity index (χ3n) is 2.61. The lowest BCUT2D eigenvalue weighted by Crippen LogP contribution is -2.15. The van der Waals surface area contributed by atoms with E-state index >= 15 is 0 Å². The molecular formula is C14H16N4O2. The van der Waals surface area contributed by atoms with Crippen LogP contribution < -0.4 is 15.4 Å². The lowest BCUT2D eigenvalue weighted by molar-refractivity contribution is 0.102. The second kappa shape index (κ2) is 6.51. The van der Waals surface area contributed by atoms with Crippen LogP contribution in [-0.4, -0.2) is 29.8 Å². The summed E-state index contributed by atoms with van der Waals surface area (Å²) in [5.41, 5.74) is 0.843. The van der Waals surface area contributed by atoms with E-state index in [1.54, 1.807) is 31.4 Å². The zero-order chi connectivity index (χ0) is 14.4. The van der Waals surface area contributed by atoms with Crippen molar-refractivity contribution in [1.29, 1.82) is 0 Å². The first-order valence-corrected chi connectivity index (χ1v) is 6.26. The Kier molecular flexibility index (Phi) is 4.49. The van der Waals surface area contributed by atoms with Crippen LogP contribution in [0.5, 0.6) is 5.75 Å². The number of hydrogen-bond donors (Lipinski definition) is 2. The highest BCUT2D eigenvalue weighted by Gasteiger charge is 2.11. The number of nitrogens with one attached hydrogen (secondary N) is 2. The maximum absolute atomic E-state index is 12.1. The van der Waals surface area contributed by atoms with Gasteiger partial charge in [0.25, 0.3) is 5.91 Å². The zero-order valence-corrected chi connectivity index (χ0v) is 11.4. The molecule has 1 aromatic carbocycles. The van der Waals surface area contributed by atoms with Crippen LogP contribution in [0.4, 0.5) is 11.5 Å². The summed E-state index contributed by atoms with van der Waals surface area (Å²) in [5, 5.41) is 13.6. The van der Waals surface area contributed by atoms with Crippen LogP contribution in [-0.2, 0) is 0 Å². The van der Waals surface area contributed by atoms with E-state index in [4.69, 9.17) is 4.74 Å². The highest BCUT2D eigenvalue weighted by molar-refractivity contribution is 6.03.